The predicted molar refractivity (Wildman–Crippen MR) is 115 cm³/mol. The van der Waals surface area contributed by atoms with Crippen LogP contribution in [0.2, 0.25) is 0 Å². The fourth-order valence-corrected chi connectivity index (χ4v) is 7.01. The molecule has 4 rings (SSSR count). The lowest BCUT2D eigenvalue weighted by Gasteiger charge is -2.28. The highest BCUT2D eigenvalue weighted by Crippen LogP contribution is 2.45. The lowest BCUT2D eigenvalue weighted by Crippen LogP contribution is -2.12. The molecule has 2 saturated heterocycles. The van der Waals surface area contributed by atoms with Gasteiger partial charge in [-0.2, -0.15) is 23.5 Å². The van der Waals surface area contributed by atoms with Crippen molar-refractivity contribution in [3.05, 3.63) is 70.8 Å². The molecule has 0 aromatic heterocycles. The predicted octanol–water partition coefficient (Wildman–Crippen LogP) is 6.68. The maximum atomic E-state index is 11.4. The van der Waals surface area contributed by atoms with Crippen LogP contribution in [0.5, 0.6) is 0 Å². The zero-order valence-corrected chi connectivity index (χ0v) is 16.9. The van der Waals surface area contributed by atoms with Gasteiger partial charge in [0.15, 0.2) is 0 Å². The van der Waals surface area contributed by atoms with Crippen molar-refractivity contribution < 1.29 is 5.11 Å². The van der Waals surface area contributed by atoms with Crippen molar-refractivity contribution in [2.45, 2.75) is 55.1 Å². The van der Waals surface area contributed by atoms with Gasteiger partial charge in [0.25, 0.3) is 0 Å². The SMILES string of the molecule is OC(c1ccccc1C1CCCCS1)c1ccccc1C1CCCCS1. The number of rotatable bonds is 4. The van der Waals surface area contributed by atoms with E-state index < -0.39 is 6.10 Å². The van der Waals surface area contributed by atoms with E-state index in [0.717, 1.165) is 11.1 Å². The van der Waals surface area contributed by atoms with E-state index in [4.69, 9.17) is 0 Å². The van der Waals surface area contributed by atoms with E-state index in [1.165, 1.54) is 61.2 Å². The molecule has 1 nitrogen and oxygen atoms in total. The van der Waals surface area contributed by atoms with E-state index in [1.807, 2.05) is 0 Å². The van der Waals surface area contributed by atoms with Gasteiger partial charge in [-0.1, -0.05) is 61.4 Å². The molecular weight excluding hydrogens is 356 g/mol. The van der Waals surface area contributed by atoms with Crippen molar-refractivity contribution in [1.29, 1.82) is 0 Å². The summed E-state index contributed by atoms with van der Waals surface area (Å²) in [5.41, 5.74) is 4.91. The van der Waals surface area contributed by atoms with Crippen molar-refractivity contribution in [1.82, 2.24) is 0 Å². The highest BCUT2D eigenvalue weighted by Gasteiger charge is 2.26. The molecule has 3 heteroatoms. The van der Waals surface area contributed by atoms with E-state index in [2.05, 4.69) is 72.1 Å². The van der Waals surface area contributed by atoms with Crippen LogP contribution in [0.3, 0.4) is 0 Å². The zero-order valence-electron chi connectivity index (χ0n) is 15.3. The number of thioether (sulfide) groups is 2. The summed E-state index contributed by atoms with van der Waals surface area (Å²) in [7, 11) is 0. The van der Waals surface area contributed by atoms with Gasteiger partial charge in [-0.3, -0.25) is 0 Å². The number of aliphatic hydroxyl groups is 1. The number of hydrogen-bond donors (Lipinski definition) is 1. The van der Waals surface area contributed by atoms with Gasteiger partial charge in [-0.25, -0.2) is 0 Å². The first-order valence-corrected chi connectivity index (χ1v) is 12.0. The second kappa shape index (κ2) is 8.86. The Hall–Kier alpha value is -0.900. The van der Waals surface area contributed by atoms with Gasteiger partial charge in [0, 0.05) is 10.5 Å². The minimum absolute atomic E-state index is 0.521. The lowest BCUT2D eigenvalue weighted by atomic mass is 9.89. The Bertz CT molecular complexity index is 656. The largest absolute Gasteiger partial charge is 0.384 e. The second-order valence-corrected chi connectivity index (χ2v) is 9.99. The maximum absolute atomic E-state index is 11.4. The molecule has 138 valence electrons. The molecule has 2 aromatic carbocycles. The van der Waals surface area contributed by atoms with Crippen molar-refractivity contribution in [2.75, 3.05) is 11.5 Å². The second-order valence-electron chi connectivity index (χ2n) is 7.37. The van der Waals surface area contributed by atoms with Gasteiger partial charge in [0.1, 0.15) is 6.10 Å². The molecule has 2 aromatic rings. The molecule has 2 heterocycles. The average molecular weight is 385 g/mol. The highest BCUT2D eigenvalue weighted by atomic mass is 32.2. The summed E-state index contributed by atoms with van der Waals surface area (Å²) >= 11 is 4.12. The third-order valence-corrected chi connectivity index (χ3v) is 8.47. The van der Waals surface area contributed by atoms with Crippen molar-refractivity contribution in [3.63, 3.8) is 0 Å². The standard InChI is InChI=1S/C23H28OS2/c24-23(19-11-3-1-9-17(19)21-13-5-7-15-25-21)20-12-4-2-10-18(20)22-14-6-8-16-26-22/h1-4,9-12,21-24H,5-8,13-16H2. The molecule has 0 bridgehead atoms. The van der Waals surface area contributed by atoms with E-state index in [0.29, 0.717) is 10.5 Å². The molecule has 0 aliphatic carbocycles. The molecule has 0 saturated carbocycles. The van der Waals surface area contributed by atoms with Crippen LogP contribution in [0, 0.1) is 0 Å². The van der Waals surface area contributed by atoms with Gasteiger partial charge >= 0.3 is 0 Å². The van der Waals surface area contributed by atoms with Crippen molar-refractivity contribution >= 4 is 23.5 Å². The Morgan fingerprint density at radius 2 is 1.15 bits per heavy atom. The van der Waals surface area contributed by atoms with E-state index in [1.54, 1.807) is 0 Å². The Kier molecular flexibility index (Phi) is 6.29. The fraction of sp³-hybridized carbons (Fsp3) is 0.478. The smallest absolute Gasteiger partial charge is 0.105 e. The molecule has 0 spiro atoms. The molecule has 2 fully saturated rings. The summed E-state index contributed by atoms with van der Waals surface area (Å²) in [5, 5.41) is 12.5. The van der Waals surface area contributed by atoms with Crippen LogP contribution in [0.1, 0.15) is 77.4 Å². The molecule has 1 N–H and O–H groups in total. The van der Waals surface area contributed by atoms with Crippen LogP contribution < -0.4 is 0 Å². The van der Waals surface area contributed by atoms with Crippen molar-refractivity contribution in [2.24, 2.45) is 0 Å². The van der Waals surface area contributed by atoms with Gasteiger partial charge < -0.3 is 5.11 Å². The topological polar surface area (TPSA) is 20.2 Å². The normalized spacial score (nSPS) is 25.0. The Morgan fingerprint density at radius 1 is 0.692 bits per heavy atom. The third-order valence-electron chi connectivity index (χ3n) is 5.63. The Balaban J connectivity index is 1.67. The summed E-state index contributed by atoms with van der Waals surface area (Å²) in [6.45, 7) is 0. The first-order valence-electron chi connectivity index (χ1n) is 9.93. The monoisotopic (exact) mass is 384 g/mol. The first kappa shape index (κ1) is 18.5. The first-order chi connectivity index (χ1) is 12.8. The van der Waals surface area contributed by atoms with E-state index >= 15 is 0 Å². The molecule has 26 heavy (non-hydrogen) atoms. The average Bonchev–Trinajstić information content (AvgIpc) is 2.74. The lowest BCUT2D eigenvalue weighted by molar-refractivity contribution is 0.217. The minimum atomic E-state index is -0.521. The minimum Gasteiger partial charge on any atom is -0.384 e. The maximum Gasteiger partial charge on any atom is 0.105 e. The number of benzene rings is 2. The van der Waals surface area contributed by atoms with Gasteiger partial charge in [0.05, 0.1) is 0 Å². The molecule has 2 atom stereocenters. The molecule has 0 radical (unpaired) electrons. The summed E-state index contributed by atoms with van der Waals surface area (Å²) < 4.78 is 0. The van der Waals surface area contributed by atoms with E-state index in [9.17, 15) is 5.11 Å². The molecule has 0 amide bonds. The summed E-state index contributed by atoms with van der Waals surface area (Å²) in [6, 6.07) is 17.2. The van der Waals surface area contributed by atoms with Crippen LogP contribution in [0.4, 0.5) is 0 Å². The summed E-state index contributed by atoms with van der Waals surface area (Å²) in [4.78, 5) is 0. The number of hydrogen-bond acceptors (Lipinski definition) is 3. The fourth-order valence-electron chi connectivity index (χ4n) is 4.25. The van der Waals surface area contributed by atoms with E-state index in [-0.39, 0.29) is 0 Å². The van der Waals surface area contributed by atoms with Gasteiger partial charge in [0.2, 0.25) is 0 Å². The zero-order chi connectivity index (χ0) is 17.8. The quantitative estimate of drug-likeness (QED) is 0.634. The van der Waals surface area contributed by atoms with Crippen LogP contribution in [0.25, 0.3) is 0 Å². The van der Waals surface area contributed by atoms with Gasteiger partial charge in [-0.15, -0.1) is 0 Å². The molecular formula is C23H28OS2. The van der Waals surface area contributed by atoms with Crippen LogP contribution in [-0.4, -0.2) is 16.6 Å². The third kappa shape index (κ3) is 4.00. The van der Waals surface area contributed by atoms with Gasteiger partial charge in [-0.05, 0) is 59.4 Å². The Labute approximate surface area is 166 Å². The molecule has 2 unspecified atom stereocenters. The van der Waals surface area contributed by atoms with Crippen molar-refractivity contribution in [3.8, 4) is 0 Å². The number of aliphatic hydroxyl groups excluding tert-OH is 1. The highest BCUT2D eigenvalue weighted by molar-refractivity contribution is 7.99. The Morgan fingerprint density at radius 3 is 1.58 bits per heavy atom. The van der Waals surface area contributed by atoms with Crippen LogP contribution in [-0.2, 0) is 0 Å². The summed E-state index contributed by atoms with van der Waals surface area (Å²) in [6.07, 6.45) is 7.20. The summed E-state index contributed by atoms with van der Waals surface area (Å²) in [5.74, 6) is 2.48. The van der Waals surface area contributed by atoms with Crippen LogP contribution >= 0.6 is 23.5 Å². The molecule has 2 aliphatic rings. The molecule has 2 aliphatic heterocycles. The van der Waals surface area contributed by atoms with Crippen LogP contribution in [0.15, 0.2) is 48.5 Å².